The number of nitrogens with zero attached hydrogens (tertiary/aromatic N) is 1. The van der Waals surface area contributed by atoms with Crippen LogP contribution < -0.4 is 0 Å². The molecule has 2 unspecified atom stereocenters. The van der Waals surface area contributed by atoms with Crippen molar-refractivity contribution in [3.05, 3.63) is 35.4 Å². The number of likely N-dealkylation sites (tertiary alicyclic amines) is 1. The van der Waals surface area contributed by atoms with E-state index in [1.54, 1.807) is 0 Å². The van der Waals surface area contributed by atoms with Crippen LogP contribution in [0.25, 0.3) is 0 Å². The molecule has 1 heterocycles. The van der Waals surface area contributed by atoms with E-state index in [1.165, 1.54) is 24.0 Å². The molecule has 0 bridgehead atoms. The maximum absolute atomic E-state index is 12.1. The van der Waals surface area contributed by atoms with Gasteiger partial charge in [0.05, 0.1) is 0 Å². The molecular weight excluding hydrogens is 258 g/mol. The highest BCUT2D eigenvalue weighted by Gasteiger charge is 2.37. The van der Waals surface area contributed by atoms with Crippen LogP contribution in [0.4, 0.5) is 0 Å². The van der Waals surface area contributed by atoms with Crippen LogP contribution in [0.15, 0.2) is 24.3 Å². The minimum Gasteiger partial charge on any atom is -0.299 e. The van der Waals surface area contributed by atoms with E-state index in [2.05, 4.69) is 43.0 Å². The Hall–Kier alpha value is -1.15. The third-order valence-corrected chi connectivity index (χ3v) is 5.26. The molecule has 2 aliphatic rings. The molecule has 2 nitrogen and oxygen atoms in total. The Balaban J connectivity index is 1.67. The topological polar surface area (TPSA) is 20.3 Å². The van der Waals surface area contributed by atoms with E-state index in [0.29, 0.717) is 23.7 Å². The summed E-state index contributed by atoms with van der Waals surface area (Å²) >= 11 is 0. The average molecular weight is 285 g/mol. The lowest BCUT2D eigenvalue weighted by Crippen LogP contribution is -2.36. The zero-order valence-corrected chi connectivity index (χ0v) is 13.3. The highest BCUT2D eigenvalue weighted by atomic mass is 16.1. The number of ketones is 1. The predicted molar refractivity (Wildman–Crippen MR) is 86.3 cm³/mol. The standard InChI is InChI=1S/C19H27NO/c1-14(2)16-10-8-15(9-11-16)13-20-12-4-6-18(20)17-5-3-7-19(17)21/h8-11,14,17-18H,3-7,12-13H2,1-2H3. The number of hydrogen-bond donors (Lipinski definition) is 0. The minimum absolute atomic E-state index is 0.322. The largest absolute Gasteiger partial charge is 0.299 e. The quantitative estimate of drug-likeness (QED) is 0.828. The minimum atomic E-state index is 0.322. The van der Waals surface area contributed by atoms with E-state index in [1.807, 2.05) is 0 Å². The first kappa shape index (κ1) is 14.8. The SMILES string of the molecule is CC(C)c1ccc(CN2CCCC2C2CCCC2=O)cc1. The summed E-state index contributed by atoms with van der Waals surface area (Å²) in [5.74, 6) is 1.43. The van der Waals surface area contributed by atoms with Crippen molar-refractivity contribution in [2.24, 2.45) is 5.92 Å². The van der Waals surface area contributed by atoms with Crippen LogP contribution in [-0.4, -0.2) is 23.3 Å². The second kappa shape index (κ2) is 6.31. The smallest absolute Gasteiger partial charge is 0.137 e. The number of carbonyl (C=O) groups excluding carboxylic acids is 1. The summed E-state index contributed by atoms with van der Waals surface area (Å²) in [6.07, 6.45) is 5.50. The summed E-state index contributed by atoms with van der Waals surface area (Å²) in [6, 6.07) is 9.55. The van der Waals surface area contributed by atoms with Crippen molar-refractivity contribution >= 4 is 5.78 Å². The third kappa shape index (κ3) is 3.21. The van der Waals surface area contributed by atoms with Crippen molar-refractivity contribution in [2.45, 2.75) is 64.5 Å². The molecule has 0 radical (unpaired) electrons. The Bertz CT molecular complexity index is 491. The maximum atomic E-state index is 12.1. The van der Waals surface area contributed by atoms with Crippen LogP contribution in [0.1, 0.15) is 63.0 Å². The molecule has 0 N–H and O–H groups in total. The Labute approximate surface area is 128 Å². The van der Waals surface area contributed by atoms with Gasteiger partial charge in [0.25, 0.3) is 0 Å². The molecule has 1 saturated carbocycles. The van der Waals surface area contributed by atoms with Crippen molar-refractivity contribution in [2.75, 3.05) is 6.54 Å². The number of Topliss-reactive ketones (excluding diaryl/α,β-unsaturated/α-hetero) is 1. The van der Waals surface area contributed by atoms with Gasteiger partial charge < -0.3 is 0 Å². The summed E-state index contributed by atoms with van der Waals surface area (Å²) in [5.41, 5.74) is 2.79. The molecule has 1 saturated heterocycles. The third-order valence-electron chi connectivity index (χ3n) is 5.26. The lowest BCUT2D eigenvalue weighted by Gasteiger charge is -2.28. The number of carbonyl (C=O) groups is 1. The summed E-state index contributed by atoms with van der Waals surface area (Å²) in [6.45, 7) is 6.63. The van der Waals surface area contributed by atoms with E-state index < -0.39 is 0 Å². The van der Waals surface area contributed by atoms with Crippen LogP contribution in [-0.2, 0) is 11.3 Å². The van der Waals surface area contributed by atoms with Crippen LogP contribution in [0.2, 0.25) is 0 Å². The van der Waals surface area contributed by atoms with E-state index in [9.17, 15) is 4.79 Å². The first-order valence-corrected chi connectivity index (χ1v) is 8.51. The number of hydrogen-bond acceptors (Lipinski definition) is 2. The molecule has 0 spiro atoms. The van der Waals surface area contributed by atoms with Crippen molar-refractivity contribution in [3.8, 4) is 0 Å². The van der Waals surface area contributed by atoms with Crippen LogP contribution in [0.3, 0.4) is 0 Å². The molecule has 2 heteroatoms. The second-order valence-electron chi connectivity index (χ2n) is 7.04. The summed E-state index contributed by atoms with van der Waals surface area (Å²) in [7, 11) is 0. The van der Waals surface area contributed by atoms with Crippen molar-refractivity contribution in [1.29, 1.82) is 0 Å². The fourth-order valence-corrected chi connectivity index (χ4v) is 4.00. The van der Waals surface area contributed by atoms with Gasteiger partial charge in [-0.15, -0.1) is 0 Å². The molecule has 2 fully saturated rings. The van der Waals surface area contributed by atoms with Crippen molar-refractivity contribution in [3.63, 3.8) is 0 Å². The van der Waals surface area contributed by atoms with E-state index in [0.717, 1.165) is 32.4 Å². The van der Waals surface area contributed by atoms with Gasteiger partial charge in [0.15, 0.2) is 0 Å². The van der Waals surface area contributed by atoms with E-state index in [-0.39, 0.29) is 0 Å². The summed E-state index contributed by atoms with van der Waals surface area (Å²) in [5, 5.41) is 0. The fraction of sp³-hybridized carbons (Fsp3) is 0.632. The highest BCUT2D eigenvalue weighted by Crippen LogP contribution is 2.34. The van der Waals surface area contributed by atoms with Crippen LogP contribution >= 0.6 is 0 Å². The van der Waals surface area contributed by atoms with Gasteiger partial charge in [-0.1, -0.05) is 38.1 Å². The lowest BCUT2D eigenvalue weighted by molar-refractivity contribution is -0.122. The Morgan fingerprint density at radius 3 is 2.52 bits per heavy atom. The first-order valence-electron chi connectivity index (χ1n) is 8.51. The van der Waals surface area contributed by atoms with Crippen molar-refractivity contribution in [1.82, 2.24) is 4.90 Å². The molecule has 1 aliphatic heterocycles. The van der Waals surface area contributed by atoms with Gasteiger partial charge in [0, 0.05) is 24.9 Å². The van der Waals surface area contributed by atoms with Gasteiger partial charge >= 0.3 is 0 Å². The van der Waals surface area contributed by atoms with Gasteiger partial charge in [-0.3, -0.25) is 9.69 Å². The van der Waals surface area contributed by atoms with Gasteiger partial charge in [0.2, 0.25) is 0 Å². The Morgan fingerprint density at radius 2 is 1.90 bits per heavy atom. The molecule has 3 rings (SSSR count). The molecule has 2 atom stereocenters. The average Bonchev–Trinajstić information content (AvgIpc) is 3.08. The predicted octanol–water partition coefficient (Wildman–Crippen LogP) is 4.14. The zero-order valence-electron chi connectivity index (χ0n) is 13.3. The molecule has 21 heavy (non-hydrogen) atoms. The Morgan fingerprint density at radius 1 is 1.14 bits per heavy atom. The Kier molecular flexibility index (Phi) is 4.44. The molecular formula is C19H27NO. The van der Waals surface area contributed by atoms with Gasteiger partial charge in [-0.2, -0.15) is 0 Å². The lowest BCUT2D eigenvalue weighted by atomic mass is 9.94. The van der Waals surface area contributed by atoms with Gasteiger partial charge in [0.1, 0.15) is 5.78 Å². The molecule has 1 aromatic rings. The number of rotatable bonds is 4. The molecule has 0 aromatic heterocycles. The zero-order chi connectivity index (χ0) is 14.8. The van der Waals surface area contributed by atoms with Gasteiger partial charge in [-0.05, 0) is 49.3 Å². The van der Waals surface area contributed by atoms with E-state index >= 15 is 0 Å². The summed E-state index contributed by atoms with van der Waals surface area (Å²) < 4.78 is 0. The fourth-order valence-electron chi connectivity index (χ4n) is 4.00. The first-order chi connectivity index (χ1) is 10.1. The molecule has 1 aromatic carbocycles. The van der Waals surface area contributed by atoms with Gasteiger partial charge in [-0.25, -0.2) is 0 Å². The number of benzene rings is 1. The summed E-state index contributed by atoms with van der Waals surface area (Å²) in [4.78, 5) is 14.6. The van der Waals surface area contributed by atoms with Crippen molar-refractivity contribution < 1.29 is 4.79 Å². The maximum Gasteiger partial charge on any atom is 0.137 e. The van der Waals surface area contributed by atoms with E-state index in [4.69, 9.17) is 0 Å². The second-order valence-corrected chi connectivity index (χ2v) is 7.04. The molecule has 1 aliphatic carbocycles. The monoisotopic (exact) mass is 285 g/mol. The normalized spacial score (nSPS) is 26.9. The molecule has 0 amide bonds. The van der Waals surface area contributed by atoms with Crippen LogP contribution in [0.5, 0.6) is 0 Å². The van der Waals surface area contributed by atoms with Crippen LogP contribution in [0, 0.1) is 5.92 Å². The molecule has 114 valence electrons. The highest BCUT2D eigenvalue weighted by molar-refractivity contribution is 5.83.